The molecule has 0 bridgehead atoms. The number of aryl methyl sites for hydroxylation is 3. The Morgan fingerprint density at radius 2 is 1.74 bits per heavy atom. The number of hydrogen-bond acceptors (Lipinski definition) is 13. The maximum atomic E-state index is 14.3. The van der Waals surface area contributed by atoms with Crippen LogP contribution in [0, 0.1) is 6.92 Å². The number of carboxylic acid groups (broad SMARTS) is 1. The summed E-state index contributed by atoms with van der Waals surface area (Å²) in [4.78, 5) is 77.6. The highest BCUT2D eigenvalue weighted by atomic mass is 32.2. The number of aromatic nitrogens is 3. The highest BCUT2D eigenvalue weighted by molar-refractivity contribution is 7.89. The van der Waals surface area contributed by atoms with Gasteiger partial charge in [0.1, 0.15) is 45.3 Å². The van der Waals surface area contributed by atoms with Crippen molar-refractivity contribution in [2.45, 2.75) is 94.7 Å². The molecule has 3 aliphatic rings. The van der Waals surface area contributed by atoms with Gasteiger partial charge in [0.25, 0.3) is 17.7 Å². The van der Waals surface area contributed by atoms with E-state index in [9.17, 15) is 42.3 Å². The van der Waals surface area contributed by atoms with Gasteiger partial charge in [-0.2, -0.15) is 4.31 Å². The second-order valence-corrected chi connectivity index (χ2v) is 20.7. The fraction of sp³-hybridized carbons (Fsp3) is 0.358. The Hall–Kier alpha value is -7.71. The predicted octanol–water partition coefficient (Wildman–Crippen LogP) is 5.72. The molecule has 1 fully saturated rings. The number of carboxylic acids is 1. The van der Waals surface area contributed by atoms with Crippen molar-refractivity contribution in [1.82, 2.24) is 34.8 Å². The van der Waals surface area contributed by atoms with Crippen molar-refractivity contribution in [2.75, 3.05) is 26.8 Å². The molecule has 1 saturated heterocycles. The first-order valence-electron chi connectivity index (χ1n) is 24.2. The number of nitrogens with one attached hydrogen (secondary N) is 2. The summed E-state index contributed by atoms with van der Waals surface area (Å²) >= 11 is 0. The van der Waals surface area contributed by atoms with E-state index in [0.29, 0.717) is 63.8 Å². The normalized spacial score (nSPS) is 17.9. The molecule has 4 heterocycles. The van der Waals surface area contributed by atoms with E-state index in [0.717, 1.165) is 40.9 Å². The first-order chi connectivity index (χ1) is 35.0. The molecular formula is C53H55N7O12S. The fourth-order valence-electron chi connectivity index (χ4n) is 9.97. The number of carbonyl (C=O) groups excluding carboxylic acids is 5. The van der Waals surface area contributed by atoms with Crippen LogP contribution in [0.2, 0.25) is 0 Å². The van der Waals surface area contributed by atoms with Crippen molar-refractivity contribution >= 4 is 67.3 Å². The van der Waals surface area contributed by atoms with Gasteiger partial charge in [0.2, 0.25) is 21.8 Å². The Kier molecular flexibility index (Phi) is 14.3. The first-order valence-corrected chi connectivity index (χ1v) is 25.6. The number of rotatable bonds is 18. The lowest BCUT2D eigenvalue weighted by molar-refractivity contribution is -0.138. The molecule has 3 aliphatic heterocycles. The number of aliphatic carboxylic acids is 1. The van der Waals surface area contributed by atoms with Crippen LogP contribution in [0.1, 0.15) is 106 Å². The third-order valence-corrected chi connectivity index (χ3v) is 15.5. The van der Waals surface area contributed by atoms with Gasteiger partial charge in [-0.3, -0.25) is 39.0 Å². The topological polar surface area (TPSA) is 246 Å². The number of amides is 5. The number of piperidine rings is 1. The van der Waals surface area contributed by atoms with Crippen LogP contribution in [0.5, 0.6) is 17.2 Å². The van der Waals surface area contributed by atoms with Crippen molar-refractivity contribution in [2.24, 2.45) is 7.05 Å². The van der Waals surface area contributed by atoms with Crippen molar-refractivity contribution < 1.29 is 56.5 Å². The number of sulfonamides is 1. The van der Waals surface area contributed by atoms with Crippen LogP contribution in [0.15, 0.2) is 83.8 Å². The maximum Gasteiger partial charge on any atom is 0.304 e. The lowest BCUT2D eigenvalue weighted by Gasteiger charge is -2.34. The van der Waals surface area contributed by atoms with E-state index in [1.165, 1.54) is 17.5 Å². The number of hydrogen-bond donors (Lipinski definition) is 3. The third-order valence-electron chi connectivity index (χ3n) is 13.7. The molecule has 73 heavy (non-hydrogen) atoms. The smallest absolute Gasteiger partial charge is 0.304 e. The first kappa shape index (κ1) is 50.2. The van der Waals surface area contributed by atoms with Crippen LogP contribution in [-0.2, 0) is 49.2 Å². The summed E-state index contributed by atoms with van der Waals surface area (Å²) in [6.45, 7) is 3.97. The lowest BCUT2D eigenvalue weighted by Crippen LogP contribution is -2.57. The number of ether oxygens (including phenoxy) is 3. The molecule has 2 unspecified atom stereocenters. The van der Waals surface area contributed by atoms with E-state index in [1.54, 1.807) is 54.2 Å². The number of fused-ring (bicyclic) bond motifs is 2. The maximum absolute atomic E-state index is 14.3. The van der Waals surface area contributed by atoms with Gasteiger partial charge in [-0.15, -0.1) is 5.10 Å². The van der Waals surface area contributed by atoms with Crippen LogP contribution >= 0.6 is 0 Å². The Morgan fingerprint density at radius 1 is 0.945 bits per heavy atom. The summed E-state index contributed by atoms with van der Waals surface area (Å²) in [6.07, 6.45) is 3.23. The Labute approximate surface area is 420 Å². The summed E-state index contributed by atoms with van der Waals surface area (Å²) < 4.78 is 49.4. The van der Waals surface area contributed by atoms with Gasteiger partial charge in [-0.1, -0.05) is 54.5 Å². The molecule has 5 aromatic carbocycles. The standard InChI is InChI=1S/C53H55N7O12S/c1-30-13-15-33(39(26-48(63)64)35-23-41-50(44(24-35)70-4)58(3)57-56-41)21-36(30)28-59-27-31(2)72-43-20-32(14-17-45(43)73(59,68)69)10-7-5-6-8-19-54-47(62)29-71-37-22-34-11-9-12-38-49(34)40(25-37)53(67)60(52(38)66)42-16-18-46(61)55-51(42)65/h9,11-15,17,20-25,31,39,42H,5-8,10,16,18-19,26-29H2,1-4H3,(H,54,62)(H,63,64)(H,55,61,65)/t31-,39?,42?/m1/s1. The largest absolute Gasteiger partial charge is 0.494 e. The summed E-state index contributed by atoms with van der Waals surface area (Å²) in [7, 11) is -0.733. The van der Waals surface area contributed by atoms with Crippen molar-refractivity contribution in [1.29, 1.82) is 0 Å². The van der Waals surface area contributed by atoms with Gasteiger partial charge < -0.3 is 24.6 Å². The van der Waals surface area contributed by atoms with Crippen molar-refractivity contribution in [3.63, 3.8) is 0 Å². The highest BCUT2D eigenvalue weighted by Gasteiger charge is 2.43. The lowest BCUT2D eigenvalue weighted by atomic mass is 9.86. The zero-order valence-electron chi connectivity index (χ0n) is 40.8. The molecule has 3 N–H and O–H groups in total. The molecule has 380 valence electrons. The van der Waals surface area contributed by atoms with Gasteiger partial charge in [0.05, 0.1) is 25.6 Å². The Bertz CT molecular complexity index is 3340. The molecule has 0 aliphatic carbocycles. The fourth-order valence-corrected chi connectivity index (χ4v) is 11.6. The number of unbranched alkanes of at least 4 members (excludes halogenated alkanes) is 3. The number of benzene rings is 5. The van der Waals surface area contributed by atoms with E-state index in [4.69, 9.17) is 14.2 Å². The summed E-state index contributed by atoms with van der Waals surface area (Å²) in [5, 5.41) is 24.4. The zero-order chi connectivity index (χ0) is 51.7. The minimum absolute atomic E-state index is 0.00441. The summed E-state index contributed by atoms with van der Waals surface area (Å²) in [5.74, 6) is -3.38. The molecule has 1 aromatic heterocycles. The predicted molar refractivity (Wildman–Crippen MR) is 266 cm³/mol. The third kappa shape index (κ3) is 10.3. The summed E-state index contributed by atoms with van der Waals surface area (Å²) in [6, 6.07) is 21.4. The number of imide groups is 2. The second kappa shape index (κ2) is 20.8. The molecule has 20 heteroatoms. The Balaban J connectivity index is 0.771. The van der Waals surface area contributed by atoms with Gasteiger partial charge in [0.15, 0.2) is 6.61 Å². The molecule has 19 nitrogen and oxygen atoms in total. The summed E-state index contributed by atoms with van der Waals surface area (Å²) in [5.41, 5.74) is 5.55. The van der Waals surface area contributed by atoms with E-state index in [-0.39, 0.29) is 66.6 Å². The molecule has 6 aromatic rings. The van der Waals surface area contributed by atoms with Gasteiger partial charge in [-0.05, 0) is 115 Å². The number of carbonyl (C=O) groups is 6. The quantitative estimate of drug-likeness (QED) is 0.0689. The molecular weight excluding hydrogens is 959 g/mol. The van der Waals surface area contributed by atoms with Gasteiger partial charge >= 0.3 is 5.97 Å². The average molecular weight is 1010 g/mol. The highest BCUT2D eigenvalue weighted by Crippen LogP contribution is 2.39. The van der Waals surface area contributed by atoms with E-state index < -0.39 is 57.7 Å². The van der Waals surface area contributed by atoms with Crippen LogP contribution in [0.3, 0.4) is 0 Å². The van der Waals surface area contributed by atoms with E-state index in [1.807, 2.05) is 44.2 Å². The monoisotopic (exact) mass is 1010 g/mol. The van der Waals surface area contributed by atoms with Crippen molar-refractivity contribution in [3.8, 4) is 17.2 Å². The SMILES string of the molecule is COc1cc(C(CC(=O)O)c2ccc(C)c(CN3C[C@@H](C)Oc4cc(CCCCCCNC(=O)COc5cc6c7c(cccc7c5)C(=O)N(C5CCC(=O)NC5=O)C6=O)ccc4S3(=O)=O)c2)cc2nnn(C)c12. The number of nitrogens with zero attached hydrogens (tertiary/aromatic N) is 5. The second-order valence-electron chi connectivity index (χ2n) is 18.8. The molecule has 3 atom stereocenters. The molecule has 0 radical (unpaired) electrons. The van der Waals surface area contributed by atoms with E-state index >= 15 is 0 Å². The molecule has 0 saturated carbocycles. The molecule has 0 spiro atoms. The molecule has 5 amide bonds. The minimum Gasteiger partial charge on any atom is -0.494 e. The molecule has 9 rings (SSSR count). The zero-order valence-corrected chi connectivity index (χ0v) is 41.6. The Morgan fingerprint density at radius 3 is 2.52 bits per heavy atom. The van der Waals surface area contributed by atoms with Crippen LogP contribution in [-0.4, -0.2) is 112 Å². The van der Waals surface area contributed by atoms with Crippen LogP contribution in [0.25, 0.3) is 21.8 Å². The minimum atomic E-state index is -4.02. The van der Waals surface area contributed by atoms with Gasteiger partial charge in [-0.25, -0.2) is 13.1 Å². The van der Waals surface area contributed by atoms with Crippen molar-refractivity contribution in [3.05, 3.63) is 118 Å². The van der Waals surface area contributed by atoms with Gasteiger partial charge in [0, 0.05) is 43.4 Å². The number of methoxy groups -OCH3 is 1. The average Bonchev–Trinajstić information content (AvgIpc) is 3.70. The van der Waals surface area contributed by atoms with Crippen LogP contribution in [0.4, 0.5) is 0 Å². The van der Waals surface area contributed by atoms with Crippen LogP contribution < -0.4 is 24.8 Å². The van der Waals surface area contributed by atoms with E-state index in [2.05, 4.69) is 20.9 Å².